The average molecular weight is 443 g/mol. The van der Waals surface area contributed by atoms with Crippen LogP contribution in [0.3, 0.4) is 0 Å². The third kappa shape index (κ3) is 5.08. The van der Waals surface area contributed by atoms with Crippen LogP contribution in [-0.2, 0) is 22.4 Å². The molecule has 0 aromatic heterocycles. The van der Waals surface area contributed by atoms with Crippen molar-refractivity contribution in [2.45, 2.75) is 25.7 Å². The van der Waals surface area contributed by atoms with Gasteiger partial charge in [0.1, 0.15) is 5.75 Å². The molecule has 0 radical (unpaired) electrons. The molecule has 1 saturated heterocycles. The van der Waals surface area contributed by atoms with Gasteiger partial charge in [-0.1, -0.05) is 66.7 Å². The van der Waals surface area contributed by atoms with E-state index in [2.05, 4.69) is 24.3 Å². The molecule has 5 heteroatoms. The third-order valence-corrected chi connectivity index (χ3v) is 6.74. The largest absolute Gasteiger partial charge is 0.497 e. The Morgan fingerprint density at radius 2 is 1.55 bits per heavy atom. The zero-order chi connectivity index (χ0) is 23.3. The minimum absolute atomic E-state index is 0.0722. The fourth-order valence-electron chi connectivity index (χ4n) is 4.66. The molecule has 0 aliphatic carbocycles. The van der Waals surface area contributed by atoms with Gasteiger partial charge in [-0.25, -0.2) is 0 Å². The number of rotatable bonds is 7. The maximum Gasteiger partial charge on any atom is 0.226 e. The quantitative estimate of drug-likeness (QED) is 0.595. The number of carbonyl (C=O) groups is 2. The lowest BCUT2D eigenvalue weighted by atomic mass is 9.72. The Labute approximate surface area is 195 Å². The van der Waals surface area contributed by atoms with Gasteiger partial charge < -0.3 is 15.4 Å². The van der Waals surface area contributed by atoms with E-state index in [9.17, 15) is 9.59 Å². The molecule has 33 heavy (non-hydrogen) atoms. The number of piperidine rings is 1. The van der Waals surface area contributed by atoms with Gasteiger partial charge in [0.25, 0.3) is 0 Å². The summed E-state index contributed by atoms with van der Waals surface area (Å²) in [6.45, 7) is 1.07. The van der Waals surface area contributed by atoms with Gasteiger partial charge in [-0.3, -0.25) is 9.59 Å². The van der Waals surface area contributed by atoms with Crippen molar-refractivity contribution in [1.82, 2.24) is 4.90 Å². The van der Waals surface area contributed by atoms with Gasteiger partial charge >= 0.3 is 0 Å². The van der Waals surface area contributed by atoms with E-state index in [4.69, 9.17) is 10.5 Å². The number of methoxy groups -OCH3 is 1. The van der Waals surface area contributed by atoms with Crippen molar-refractivity contribution in [3.05, 3.63) is 90.0 Å². The van der Waals surface area contributed by atoms with Crippen molar-refractivity contribution >= 4 is 11.8 Å². The highest BCUT2D eigenvalue weighted by atomic mass is 16.5. The van der Waals surface area contributed by atoms with Crippen molar-refractivity contribution in [2.24, 2.45) is 11.1 Å². The van der Waals surface area contributed by atoms with Crippen LogP contribution in [0.2, 0.25) is 0 Å². The fraction of sp³-hybridized carbons (Fsp3) is 0.286. The van der Waals surface area contributed by atoms with Gasteiger partial charge in [-0.2, -0.15) is 0 Å². The van der Waals surface area contributed by atoms with E-state index in [1.807, 2.05) is 59.5 Å². The number of nitrogens with two attached hydrogens (primary N) is 1. The molecule has 0 unspecified atom stereocenters. The van der Waals surface area contributed by atoms with Crippen LogP contribution in [0, 0.1) is 5.41 Å². The number of benzene rings is 3. The summed E-state index contributed by atoms with van der Waals surface area (Å²) in [6, 6.07) is 25.9. The van der Waals surface area contributed by atoms with Gasteiger partial charge in [-0.15, -0.1) is 0 Å². The molecule has 3 aromatic carbocycles. The van der Waals surface area contributed by atoms with Gasteiger partial charge in [0.15, 0.2) is 0 Å². The first kappa shape index (κ1) is 22.6. The van der Waals surface area contributed by atoms with Crippen molar-refractivity contribution in [1.29, 1.82) is 0 Å². The number of hydrogen-bond donors (Lipinski definition) is 1. The molecule has 4 rings (SSSR count). The zero-order valence-electron chi connectivity index (χ0n) is 19.0. The Hall–Kier alpha value is -3.60. The highest BCUT2D eigenvalue weighted by Gasteiger charge is 2.41. The Bertz CT molecular complexity index is 1100. The molecule has 1 heterocycles. The molecule has 1 aliphatic heterocycles. The lowest BCUT2D eigenvalue weighted by molar-refractivity contribution is -0.138. The molecular weight excluding hydrogens is 412 g/mol. The van der Waals surface area contributed by atoms with E-state index >= 15 is 0 Å². The van der Waals surface area contributed by atoms with E-state index in [0.29, 0.717) is 38.8 Å². The second kappa shape index (κ2) is 9.90. The summed E-state index contributed by atoms with van der Waals surface area (Å²) in [6.07, 6.45) is 2.05. The summed E-state index contributed by atoms with van der Waals surface area (Å²) < 4.78 is 5.18. The molecule has 2 amide bonds. The SMILES string of the molecule is COc1ccc(CC(=O)N2CCC(Cc3ccccc3-c3ccccc3)(C(N)=O)CC2)cc1. The van der Waals surface area contributed by atoms with E-state index in [1.165, 1.54) is 0 Å². The van der Waals surface area contributed by atoms with Gasteiger partial charge in [0, 0.05) is 13.1 Å². The lowest BCUT2D eigenvalue weighted by Gasteiger charge is -2.40. The highest BCUT2D eigenvalue weighted by Crippen LogP contribution is 2.38. The maximum atomic E-state index is 12.9. The lowest BCUT2D eigenvalue weighted by Crippen LogP contribution is -2.50. The van der Waals surface area contributed by atoms with Crippen LogP contribution in [0.5, 0.6) is 5.75 Å². The summed E-state index contributed by atoms with van der Waals surface area (Å²) in [5, 5.41) is 0. The standard InChI is InChI=1S/C28H30N2O3/c1-33-24-13-11-21(12-14-24)19-26(31)30-17-15-28(16-18-30,27(29)32)20-23-9-5-6-10-25(23)22-7-3-2-4-8-22/h2-14H,15-20H2,1H3,(H2,29,32). The van der Waals surface area contributed by atoms with Crippen molar-refractivity contribution in [3.8, 4) is 16.9 Å². The van der Waals surface area contributed by atoms with Crippen LogP contribution >= 0.6 is 0 Å². The molecule has 5 nitrogen and oxygen atoms in total. The summed E-state index contributed by atoms with van der Waals surface area (Å²) >= 11 is 0. The monoisotopic (exact) mass is 442 g/mol. The normalized spacial score (nSPS) is 15.1. The molecule has 0 spiro atoms. The Kier molecular flexibility index (Phi) is 6.78. The average Bonchev–Trinajstić information content (AvgIpc) is 2.85. The zero-order valence-corrected chi connectivity index (χ0v) is 19.0. The summed E-state index contributed by atoms with van der Waals surface area (Å²) in [5.41, 5.74) is 9.61. The molecule has 3 aromatic rings. The van der Waals surface area contributed by atoms with Crippen molar-refractivity contribution < 1.29 is 14.3 Å². The van der Waals surface area contributed by atoms with E-state index in [0.717, 1.165) is 28.0 Å². The van der Waals surface area contributed by atoms with E-state index in [-0.39, 0.29) is 11.8 Å². The number of likely N-dealkylation sites (tertiary alicyclic amines) is 1. The number of primary amides is 1. The molecule has 0 bridgehead atoms. The number of amides is 2. The number of ether oxygens (including phenoxy) is 1. The van der Waals surface area contributed by atoms with Crippen LogP contribution in [-0.4, -0.2) is 36.9 Å². The highest BCUT2D eigenvalue weighted by molar-refractivity contribution is 5.83. The van der Waals surface area contributed by atoms with Crippen LogP contribution in [0.25, 0.3) is 11.1 Å². The second-order valence-corrected chi connectivity index (χ2v) is 8.75. The molecular formula is C28H30N2O3. The molecule has 0 saturated carbocycles. The molecule has 1 aliphatic rings. The predicted octanol–water partition coefficient (Wildman–Crippen LogP) is 4.24. The fourth-order valence-corrected chi connectivity index (χ4v) is 4.66. The van der Waals surface area contributed by atoms with Crippen molar-refractivity contribution in [3.63, 3.8) is 0 Å². The minimum Gasteiger partial charge on any atom is -0.497 e. The maximum absolute atomic E-state index is 12.9. The third-order valence-electron chi connectivity index (χ3n) is 6.74. The van der Waals surface area contributed by atoms with E-state index in [1.54, 1.807) is 7.11 Å². The number of nitrogens with zero attached hydrogens (tertiary/aromatic N) is 1. The second-order valence-electron chi connectivity index (χ2n) is 8.75. The molecule has 1 fully saturated rings. The van der Waals surface area contributed by atoms with Crippen LogP contribution in [0.1, 0.15) is 24.0 Å². The van der Waals surface area contributed by atoms with Crippen LogP contribution < -0.4 is 10.5 Å². The predicted molar refractivity (Wildman–Crippen MR) is 130 cm³/mol. The first-order valence-electron chi connectivity index (χ1n) is 11.3. The summed E-state index contributed by atoms with van der Waals surface area (Å²) in [4.78, 5) is 27.4. The van der Waals surface area contributed by atoms with Crippen LogP contribution in [0.15, 0.2) is 78.9 Å². The molecule has 170 valence electrons. The first-order chi connectivity index (χ1) is 16.0. The van der Waals surface area contributed by atoms with Crippen molar-refractivity contribution in [2.75, 3.05) is 20.2 Å². The van der Waals surface area contributed by atoms with Gasteiger partial charge in [0.05, 0.1) is 18.9 Å². The molecule has 2 N–H and O–H groups in total. The summed E-state index contributed by atoms with van der Waals surface area (Å²) in [7, 11) is 1.62. The smallest absolute Gasteiger partial charge is 0.226 e. The summed E-state index contributed by atoms with van der Waals surface area (Å²) in [5.74, 6) is 0.557. The Morgan fingerprint density at radius 1 is 0.909 bits per heavy atom. The molecule has 0 atom stereocenters. The Morgan fingerprint density at radius 3 is 2.18 bits per heavy atom. The van der Waals surface area contributed by atoms with Gasteiger partial charge in [-0.05, 0) is 53.6 Å². The number of carbonyl (C=O) groups excluding carboxylic acids is 2. The van der Waals surface area contributed by atoms with Crippen LogP contribution in [0.4, 0.5) is 0 Å². The topological polar surface area (TPSA) is 72.6 Å². The Balaban J connectivity index is 1.46. The van der Waals surface area contributed by atoms with E-state index < -0.39 is 5.41 Å². The minimum atomic E-state index is -0.651. The first-order valence-corrected chi connectivity index (χ1v) is 11.3. The van der Waals surface area contributed by atoms with Gasteiger partial charge in [0.2, 0.25) is 11.8 Å². The number of hydrogen-bond acceptors (Lipinski definition) is 3.